The molecular formula is C27H28ClN5O6. The van der Waals surface area contributed by atoms with Crippen LogP contribution in [0.3, 0.4) is 0 Å². The molecule has 1 aliphatic heterocycles. The van der Waals surface area contributed by atoms with Crippen LogP contribution in [0.1, 0.15) is 65.1 Å². The van der Waals surface area contributed by atoms with E-state index in [2.05, 4.69) is 20.6 Å². The average molecular weight is 554 g/mol. The highest BCUT2D eigenvalue weighted by molar-refractivity contribution is 6.30. The predicted octanol–water partition coefficient (Wildman–Crippen LogP) is 4.50. The monoisotopic (exact) mass is 553 g/mol. The number of amides is 3. The summed E-state index contributed by atoms with van der Waals surface area (Å²) in [5, 5.41) is 15.3. The molecular weight excluding hydrogens is 526 g/mol. The molecule has 0 bridgehead atoms. The van der Waals surface area contributed by atoms with Gasteiger partial charge in [0.05, 0.1) is 5.02 Å². The molecule has 0 unspecified atom stereocenters. The zero-order chi connectivity index (χ0) is 27.7. The second-order valence-electron chi connectivity index (χ2n) is 10.00. The van der Waals surface area contributed by atoms with Crippen molar-refractivity contribution in [3.63, 3.8) is 0 Å². The average Bonchev–Trinajstić information content (AvgIpc) is 3.58. The van der Waals surface area contributed by atoms with Gasteiger partial charge in [0.1, 0.15) is 17.0 Å². The van der Waals surface area contributed by atoms with Crippen LogP contribution < -0.4 is 10.6 Å². The van der Waals surface area contributed by atoms with Gasteiger partial charge in [-0.25, -0.2) is 14.8 Å². The Labute approximate surface area is 228 Å². The predicted molar refractivity (Wildman–Crippen MR) is 143 cm³/mol. The Hall–Kier alpha value is -3.99. The van der Waals surface area contributed by atoms with Crippen molar-refractivity contribution in [1.82, 2.24) is 14.9 Å². The Morgan fingerprint density at radius 2 is 1.74 bits per heavy atom. The van der Waals surface area contributed by atoms with E-state index in [0.717, 1.165) is 25.9 Å². The number of pyridine rings is 2. The molecule has 0 atom stereocenters. The van der Waals surface area contributed by atoms with Gasteiger partial charge in [-0.1, -0.05) is 11.6 Å². The van der Waals surface area contributed by atoms with E-state index in [1.165, 1.54) is 18.3 Å². The Balaban J connectivity index is 1.39. The SMILES string of the molecule is Cc1cc2oc(C(=O)Nc3ccc(Cl)cn3)c(NC(=O)C3CCC(C(=O)N4CCCC4)CC3)c2nc1C(=O)O. The Morgan fingerprint density at radius 3 is 2.38 bits per heavy atom. The van der Waals surface area contributed by atoms with Gasteiger partial charge in [-0.15, -0.1) is 0 Å². The van der Waals surface area contributed by atoms with Crippen LogP contribution in [0.25, 0.3) is 11.1 Å². The van der Waals surface area contributed by atoms with E-state index < -0.39 is 11.9 Å². The second-order valence-corrected chi connectivity index (χ2v) is 10.4. The van der Waals surface area contributed by atoms with Crippen LogP contribution in [0.15, 0.2) is 28.8 Å². The lowest BCUT2D eigenvalue weighted by molar-refractivity contribution is -0.136. The molecule has 3 N–H and O–H groups in total. The molecule has 2 aliphatic rings. The first kappa shape index (κ1) is 26.6. The van der Waals surface area contributed by atoms with Gasteiger partial charge in [0.15, 0.2) is 11.3 Å². The molecule has 1 aliphatic carbocycles. The summed E-state index contributed by atoms with van der Waals surface area (Å²) in [5.41, 5.74) is 0.319. The highest BCUT2D eigenvalue weighted by Gasteiger charge is 2.34. The maximum Gasteiger partial charge on any atom is 0.354 e. The summed E-state index contributed by atoms with van der Waals surface area (Å²) >= 11 is 5.87. The van der Waals surface area contributed by atoms with Gasteiger partial charge in [-0.2, -0.15) is 0 Å². The van der Waals surface area contributed by atoms with E-state index in [1.54, 1.807) is 13.0 Å². The fraction of sp³-hybridized carbons (Fsp3) is 0.407. The number of anilines is 2. The minimum atomic E-state index is -1.25. The molecule has 0 spiro atoms. The molecule has 4 heterocycles. The molecule has 0 radical (unpaired) electrons. The van der Waals surface area contributed by atoms with Crippen molar-refractivity contribution >= 4 is 57.9 Å². The first-order valence-electron chi connectivity index (χ1n) is 12.9. The molecule has 1 saturated heterocycles. The lowest BCUT2D eigenvalue weighted by Crippen LogP contribution is -2.37. The van der Waals surface area contributed by atoms with E-state index in [1.807, 2.05) is 4.90 Å². The van der Waals surface area contributed by atoms with Gasteiger partial charge < -0.3 is 25.1 Å². The molecule has 1 saturated carbocycles. The molecule has 0 aromatic carbocycles. The quantitative estimate of drug-likeness (QED) is 0.403. The summed E-state index contributed by atoms with van der Waals surface area (Å²) in [5.74, 6) is -2.61. The number of aryl methyl sites for hydroxylation is 1. The third kappa shape index (κ3) is 5.58. The first-order chi connectivity index (χ1) is 18.7. The summed E-state index contributed by atoms with van der Waals surface area (Å²) in [6.45, 7) is 3.16. The van der Waals surface area contributed by atoms with Crippen LogP contribution in [-0.2, 0) is 9.59 Å². The van der Waals surface area contributed by atoms with Gasteiger partial charge >= 0.3 is 5.97 Å². The number of likely N-dealkylation sites (tertiary alicyclic amines) is 1. The van der Waals surface area contributed by atoms with Gasteiger partial charge in [0, 0.05) is 31.1 Å². The second kappa shape index (κ2) is 11.0. The zero-order valence-corrected chi connectivity index (χ0v) is 22.1. The summed E-state index contributed by atoms with van der Waals surface area (Å²) < 4.78 is 5.78. The zero-order valence-electron chi connectivity index (χ0n) is 21.3. The Morgan fingerprint density at radius 1 is 1.05 bits per heavy atom. The largest absolute Gasteiger partial charge is 0.477 e. The smallest absolute Gasteiger partial charge is 0.354 e. The Kier molecular flexibility index (Phi) is 7.51. The first-order valence-corrected chi connectivity index (χ1v) is 13.3. The van der Waals surface area contributed by atoms with E-state index in [0.29, 0.717) is 36.3 Å². The van der Waals surface area contributed by atoms with Crippen molar-refractivity contribution < 1.29 is 28.7 Å². The summed E-state index contributed by atoms with van der Waals surface area (Å²) in [6, 6.07) is 4.53. The van der Waals surface area contributed by atoms with Gasteiger partial charge in [-0.05, 0) is 69.2 Å². The van der Waals surface area contributed by atoms with Crippen LogP contribution in [0.5, 0.6) is 0 Å². The van der Waals surface area contributed by atoms with Gasteiger partial charge in [0.25, 0.3) is 5.91 Å². The lowest BCUT2D eigenvalue weighted by Gasteiger charge is -2.29. The summed E-state index contributed by atoms with van der Waals surface area (Å²) in [7, 11) is 0. The van der Waals surface area contributed by atoms with E-state index >= 15 is 0 Å². The number of carbonyl (C=O) groups is 4. The molecule has 5 rings (SSSR count). The maximum atomic E-state index is 13.3. The fourth-order valence-electron chi connectivity index (χ4n) is 5.25. The number of hydrogen-bond acceptors (Lipinski definition) is 7. The van der Waals surface area contributed by atoms with Crippen molar-refractivity contribution in [2.75, 3.05) is 23.7 Å². The van der Waals surface area contributed by atoms with Gasteiger partial charge in [0.2, 0.25) is 17.6 Å². The van der Waals surface area contributed by atoms with Crippen molar-refractivity contribution in [2.45, 2.75) is 45.4 Å². The molecule has 3 aromatic heterocycles. The van der Waals surface area contributed by atoms with Crippen LogP contribution in [-0.4, -0.2) is 56.8 Å². The number of halogens is 1. The number of rotatable bonds is 6. The normalized spacial score (nSPS) is 19.2. The maximum absolute atomic E-state index is 13.3. The third-order valence-electron chi connectivity index (χ3n) is 7.34. The molecule has 204 valence electrons. The highest BCUT2D eigenvalue weighted by Crippen LogP contribution is 2.35. The van der Waals surface area contributed by atoms with Crippen LogP contribution in [0.2, 0.25) is 5.02 Å². The minimum absolute atomic E-state index is 0.0146. The number of hydrogen-bond donors (Lipinski definition) is 3. The molecule has 39 heavy (non-hydrogen) atoms. The third-order valence-corrected chi connectivity index (χ3v) is 7.57. The number of aromatic carboxylic acids is 1. The van der Waals surface area contributed by atoms with Crippen LogP contribution in [0, 0.1) is 18.8 Å². The lowest BCUT2D eigenvalue weighted by atomic mass is 9.81. The number of carboxylic acid groups (broad SMARTS) is 1. The number of carboxylic acids is 1. The molecule has 12 heteroatoms. The fourth-order valence-corrected chi connectivity index (χ4v) is 5.36. The molecule has 2 fully saturated rings. The highest BCUT2D eigenvalue weighted by atomic mass is 35.5. The van der Waals surface area contributed by atoms with Crippen molar-refractivity contribution in [3.05, 3.63) is 46.4 Å². The number of nitrogens with zero attached hydrogens (tertiary/aromatic N) is 3. The number of carbonyl (C=O) groups excluding carboxylic acids is 3. The molecule has 3 amide bonds. The van der Waals surface area contributed by atoms with Crippen LogP contribution >= 0.6 is 11.6 Å². The van der Waals surface area contributed by atoms with E-state index in [-0.39, 0.29) is 57.7 Å². The van der Waals surface area contributed by atoms with Crippen molar-refractivity contribution in [2.24, 2.45) is 11.8 Å². The van der Waals surface area contributed by atoms with Crippen LogP contribution in [0.4, 0.5) is 11.5 Å². The van der Waals surface area contributed by atoms with Crippen molar-refractivity contribution in [3.8, 4) is 0 Å². The number of furan rings is 1. The number of aromatic nitrogens is 2. The van der Waals surface area contributed by atoms with E-state index in [4.69, 9.17) is 16.0 Å². The summed E-state index contributed by atoms with van der Waals surface area (Å²) in [4.78, 5) is 61.2. The molecule has 3 aromatic rings. The van der Waals surface area contributed by atoms with E-state index in [9.17, 15) is 24.3 Å². The summed E-state index contributed by atoms with van der Waals surface area (Å²) in [6.07, 6.45) is 5.69. The molecule has 11 nitrogen and oxygen atoms in total. The topological polar surface area (TPSA) is 155 Å². The minimum Gasteiger partial charge on any atom is -0.477 e. The number of fused-ring (bicyclic) bond motifs is 1. The standard InChI is InChI=1S/C27H28ClN5O6/c1-14-12-18-21(31-20(14)27(37)38)22(23(39-18)25(35)30-19-9-8-17(28)13-29-19)32-24(34)15-4-6-16(7-5-15)26(36)33-10-2-3-11-33/h8-9,12-13,15-16H,2-7,10-11H2,1H3,(H,32,34)(H,37,38)(H,29,30,35). The van der Waals surface area contributed by atoms with Gasteiger partial charge in [-0.3, -0.25) is 14.4 Å². The number of nitrogens with one attached hydrogen (secondary N) is 2. The Bertz CT molecular complexity index is 1440. The van der Waals surface area contributed by atoms with Crippen molar-refractivity contribution in [1.29, 1.82) is 0 Å².